The molecule has 7 heteroatoms. The Bertz CT molecular complexity index is 193. The van der Waals surface area contributed by atoms with Crippen LogP contribution in [0.5, 0.6) is 0 Å². The summed E-state index contributed by atoms with van der Waals surface area (Å²) in [5.74, 6) is 0. The predicted octanol–water partition coefficient (Wildman–Crippen LogP) is 1.77. The largest absolute Gasteiger partial charge is 0.488 e. The molecule has 70 valence electrons. The molecular formula is C5H7BrF3N3. The summed E-state index contributed by atoms with van der Waals surface area (Å²) in [4.78, 5) is 0.191. The van der Waals surface area contributed by atoms with Gasteiger partial charge in [0.15, 0.2) is 5.08 Å². The zero-order chi connectivity index (χ0) is 9.35. The van der Waals surface area contributed by atoms with Crippen molar-refractivity contribution in [3.63, 3.8) is 0 Å². The summed E-state index contributed by atoms with van der Waals surface area (Å²) < 4.78 is 36.3. The zero-order valence-electron chi connectivity index (χ0n) is 6.22. The van der Waals surface area contributed by atoms with E-state index >= 15 is 0 Å². The zero-order valence-corrected chi connectivity index (χ0v) is 7.80. The number of hydrogen-bond acceptors (Lipinski definition) is 3. The van der Waals surface area contributed by atoms with Gasteiger partial charge in [-0.15, -0.1) is 13.2 Å². The first-order valence-electron chi connectivity index (χ1n) is 3.26. The van der Waals surface area contributed by atoms with Crippen LogP contribution < -0.4 is 0 Å². The van der Waals surface area contributed by atoms with Gasteiger partial charge in [-0.3, -0.25) is 5.01 Å². The molecule has 3 nitrogen and oxygen atoms in total. The molecule has 0 amide bonds. The highest BCUT2D eigenvalue weighted by Gasteiger charge is 2.43. The first-order valence-corrected chi connectivity index (χ1v) is 4.18. The molecule has 12 heavy (non-hydrogen) atoms. The molecule has 1 aliphatic heterocycles. The van der Waals surface area contributed by atoms with Crippen LogP contribution in [-0.2, 0) is 0 Å². The molecule has 0 saturated carbocycles. The lowest BCUT2D eigenvalue weighted by Gasteiger charge is -2.25. The number of alkyl halides is 4. The lowest BCUT2D eigenvalue weighted by Crippen LogP contribution is -2.43. The SMILES string of the molecule is CCN1N=CN(C(F)(F)F)C1Br. The van der Waals surface area contributed by atoms with Crippen molar-refractivity contribution in [2.24, 2.45) is 5.10 Å². The maximum Gasteiger partial charge on any atom is 0.488 e. The van der Waals surface area contributed by atoms with Gasteiger partial charge in [-0.2, -0.15) is 5.10 Å². The second kappa shape index (κ2) is 3.12. The quantitative estimate of drug-likeness (QED) is 0.518. The highest BCUT2D eigenvalue weighted by molar-refractivity contribution is 9.09. The molecule has 0 aromatic carbocycles. The van der Waals surface area contributed by atoms with Gasteiger partial charge in [0, 0.05) is 6.54 Å². The third-order valence-electron chi connectivity index (χ3n) is 1.42. The van der Waals surface area contributed by atoms with Crippen LogP contribution in [-0.4, -0.2) is 34.2 Å². The Kier molecular flexibility index (Phi) is 2.50. The van der Waals surface area contributed by atoms with E-state index in [0.29, 0.717) is 6.54 Å². The van der Waals surface area contributed by atoms with Crippen molar-refractivity contribution in [3.05, 3.63) is 0 Å². The van der Waals surface area contributed by atoms with Crippen molar-refractivity contribution < 1.29 is 13.2 Å². The number of nitrogens with zero attached hydrogens (tertiary/aromatic N) is 3. The lowest BCUT2D eigenvalue weighted by atomic mass is 10.7. The van der Waals surface area contributed by atoms with Crippen LogP contribution in [0.1, 0.15) is 6.92 Å². The number of hydrazone groups is 1. The molecule has 1 unspecified atom stereocenters. The van der Waals surface area contributed by atoms with Crippen LogP contribution in [0.15, 0.2) is 5.10 Å². The molecule has 1 rings (SSSR count). The smallest absolute Gasteiger partial charge is 0.263 e. The number of rotatable bonds is 1. The van der Waals surface area contributed by atoms with Crippen LogP contribution in [0, 0.1) is 0 Å². The Morgan fingerprint density at radius 1 is 1.58 bits per heavy atom. The lowest BCUT2D eigenvalue weighted by molar-refractivity contribution is -0.223. The Labute approximate surface area is 75.9 Å². The first kappa shape index (κ1) is 9.63. The van der Waals surface area contributed by atoms with E-state index in [4.69, 9.17) is 0 Å². The standard InChI is InChI=1S/C5H7BrF3N3/c1-2-12-4(6)11(3-10-12)5(7,8)9/h3-4H,2H2,1H3. The van der Waals surface area contributed by atoms with Gasteiger partial charge in [-0.05, 0) is 22.9 Å². The molecule has 0 spiro atoms. The summed E-state index contributed by atoms with van der Waals surface area (Å²) >= 11 is 2.87. The fourth-order valence-electron chi connectivity index (χ4n) is 0.794. The molecule has 0 N–H and O–H groups in total. The van der Waals surface area contributed by atoms with Gasteiger partial charge in [0.2, 0.25) is 0 Å². The second-order valence-corrected chi connectivity index (χ2v) is 2.99. The summed E-state index contributed by atoms with van der Waals surface area (Å²) in [6.07, 6.45) is -3.61. The van der Waals surface area contributed by atoms with E-state index in [1.54, 1.807) is 6.92 Å². The molecular weight excluding hydrogens is 239 g/mol. The van der Waals surface area contributed by atoms with E-state index < -0.39 is 11.4 Å². The van der Waals surface area contributed by atoms with E-state index in [2.05, 4.69) is 21.0 Å². The summed E-state index contributed by atoms with van der Waals surface area (Å²) in [6.45, 7) is 2.16. The Balaban J connectivity index is 2.68. The normalized spacial score (nSPS) is 23.9. The molecule has 1 atom stereocenters. The Morgan fingerprint density at radius 2 is 2.17 bits per heavy atom. The van der Waals surface area contributed by atoms with E-state index in [1.807, 2.05) is 0 Å². The van der Waals surface area contributed by atoms with Gasteiger partial charge in [0.1, 0.15) is 6.34 Å². The maximum absolute atomic E-state index is 12.1. The van der Waals surface area contributed by atoms with Crippen LogP contribution in [0.4, 0.5) is 13.2 Å². The molecule has 0 fully saturated rings. The first-order chi connectivity index (χ1) is 5.46. The van der Waals surface area contributed by atoms with Crippen LogP contribution >= 0.6 is 15.9 Å². The third kappa shape index (κ3) is 1.65. The average Bonchev–Trinajstić information content (AvgIpc) is 2.29. The molecule has 1 aliphatic rings. The molecule has 0 radical (unpaired) electrons. The fraction of sp³-hybridized carbons (Fsp3) is 0.800. The monoisotopic (exact) mass is 245 g/mol. The summed E-state index contributed by atoms with van der Waals surface area (Å²) in [5, 5.41) is 3.92. The number of hydrogen-bond donors (Lipinski definition) is 0. The van der Waals surface area contributed by atoms with Gasteiger partial charge in [0.25, 0.3) is 0 Å². The van der Waals surface area contributed by atoms with Crippen molar-refractivity contribution in [3.8, 4) is 0 Å². The minimum absolute atomic E-state index is 0.191. The predicted molar refractivity (Wildman–Crippen MR) is 41.5 cm³/mol. The van der Waals surface area contributed by atoms with E-state index in [0.717, 1.165) is 6.34 Å². The minimum atomic E-state index is -4.37. The van der Waals surface area contributed by atoms with Crippen molar-refractivity contribution in [1.82, 2.24) is 9.91 Å². The topological polar surface area (TPSA) is 18.8 Å². The highest BCUT2D eigenvalue weighted by Crippen LogP contribution is 2.29. The Morgan fingerprint density at radius 3 is 2.42 bits per heavy atom. The van der Waals surface area contributed by atoms with Crippen molar-refractivity contribution >= 4 is 22.3 Å². The molecule has 0 aromatic rings. The van der Waals surface area contributed by atoms with E-state index in [9.17, 15) is 13.2 Å². The molecule has 1 heterocycles. The summed E-state index contributed by atoms with van der Waals surface area (Å²) in [7, 11) is 0. The fourth-order valence-corrected chi connectivity index (χ4v) is 1.53. The van der Waals surface area contributed by atoms with E-state index in [-0.39, 0.29) is 4.90 Å². The van der Waals surface area contributed by atoms with Crippen molar-refractivity contribution in [1.29, 1.82) is 0 Å². The number of halogens is 4. The van der Waals surface area contributed by atoms with Gasteiger partial charge in [0.05, 0.1) is 0 Å². The Hall–Kier alpha value is -0.460. The van der Waals surface area contributed by atoms with Gasteiger partial charge < -0.3 is 0 Å². The van der Waals surface area contributed by atoms with Crippen molar-refractivity contribution in [2.45, 2.75) is 18.3 Å². The molecule has 0 saturated heterocycles. The molecule has 0 aromatic heterocycles. The van der Waals surface area contributed by atoms with Crippen LogP contribution in [0.25, 0.3) is 0 Å². The summed E-state index contributed by atoms with van der Waals surface area (Å²) in [5.41, 5.74) is 0. The second-order valence-electron chi connectivity index (χ2n) is 2.17. The van der Waals surface area contributed by atoms with E-state index in [1.165, 1.54) is 5.01 Å². The van der Waals surface area contributed by atoms with Gasteiger partial charge >= 0.3 is 6.30 Å². The van der Waals surface area contributed by atoms with Crippen molar-refractivity contribution in [2.75, 3.05) is 6.54 Å². The molecule has 0 aliphatic carbocycles. The van der Waals surface area contributed by atoms with Crippen LogP contribution in [0.2, 0.25) is 0 Å². The molecule has 0 bridgehead atoms. The summed E-state index contributed by atoms with van der Waals surface area (Å²) in [6, 6.07) is 0. The van der Waals surface area contributed by atoms with Gasteiger partial charge in [-0.1, -0.05) is 0 Å². The highest BCUT2D eigenvalue weighted by atomic mass is 79.9. The van der Waals surface area contributed by atoms with Crippen LogP contribution in [0.3, 0.4) is 0 Å². The maximum atomic E-state index is 12.1. The van der Waals surface area contributed by atoms with Gasteiger partial charge in [-0.25, -0.2) is 4.90 Å². The minimum Gasteiger partial charge on any atom is -0.263 e. The third-order valence-corrected chi connectivity index (χ3v) is 2.33. The average molecular weight is 246 g/mol.